The SMILES string of the molecule is C=C1C=COC(CNc2ccc(C#Cc3ccc(C(=O)O)cc3)cc2)=C1O. The van der Waals surface area contributed by atoms with Gasteiger partial charge in [-0.3, -0.25) is 0 Å². The summed E-state index contributed by atoms with van der Waals surface area (Å²) < 4.78 is 5.28. The van der Waals surface area contributed by atoms with Gasteiger partial charge in [0, 0.05) is 22.4 Å². The number of carbonyl (C=O) groups is 1. The lowest BCUT2D eigenvalue weighted by Crippen LogP contribution is -2.11. The highest BCUT2D eigenvalue weighted by Crippen LogP contribution is 2.19. The Hall–Kier alpha value is -3.91. The molecule has 0 fully saturated rings. The molecular formula is C22H17NO4. The quantitative estimate of drug-likeness (QED) is 0.718. The third-order valence-corrected chi connectivity index (χ3v) is 3.87. The van der Waals surface area contributed by atoms with Crippen LogP contribution in [0.25, 0.3) is 0 Å². The van der Waals surface area contributed by atoms with E-state index < -0.39 is 5.97 Å². The fourth-order valence-corrected chi connectivity index (χ4v) is 2.33. The summed E-state index contributed by atoms with van der Waals surface area (Å²) in [7, 11) is 0. The van der Waals surface area contributed by atoms with Gasteiger partial charge in [-0.2, -0.15) is 0 Å². The van der Waals surface area contributed by atoms with Gasteiger partial charge in [0.1, 0.15) is 0 Å². The van der Waals surface area contributed by atoms with Gasteiger partial charge in [-0.15, -0.1) is 0 Å². The molecule has 134 valence electrons. The molecule has 0 radical (unpaired) electrons. The van der Waals surface area contributed by atoms with Crippen LogP contribution in [0.3, 0.4) is 0 Å². The fraction of sp³-hybridized carbons (Fsp3) is 0.0455. The third-order valence-electron chi connectivity index (χ3n) is 3.87. The van der Waals surface area contributed by atoms with Gasteiger partial charge in [-0.1, -0.05) is 18.4 Å². The van der Waals surface area contributed by atoms with Gasteiger partial charge in [0.25, 0.3) is 0 Å². The number of nitrogens with one attached hydrogen (secondary N) is 1. The molecule has 3 rings (SSSR count). The van der Waals surface area contributed by atoms with Gasteiger partial charge in [-0.05, 0) is 54.6 Å². The zero-order valence-electron chi connectivity index (χ0n) is 14.4. The summed E-state index contributed by atoms with van der Waals surface area (Å²) in [6.45, 7) is 4.05. The molecule has 0 spiro atoms. The summed E-state index contributed by atoms with van der Waals surface area (Å²) >= 11 is 0. The van der Waals surface area contributed by atoms with E-state index in [9.17, 15) is 9.90 Å². The van der Waals surface area contributed by atoms with Crippen molar-refractivity contribution in [3.63, 3.8) is 0 Å². The number of aromatic carboxylic acids is 1. The summed E-state index contributed by atoms with van der Waals surface area (Å²) in [4.78, 5) is 10.8. The minimum atomic E-state index is -0.958. The predicted octanol–water partition coefficient (Wildman–Crippen LogP) is 4.07. The van der Waals surface area contributed by atoms with E-state index in [0.717, 1.165) is 16.8 Å². The van der Waals surface area contributed by atoms with Crippen LogP contribution in [0.15, 0.2) is 84.5 Å². The van der Waals surface area contributed by atoms with Crippen LogP contribution in [0.4, 0.5) is 5.69 Å². The Bertz CT molecular complexity index is 987. The first kappa shape index (κ1) is 17.9. The van der Waals surface area contributed by atoms with E-state index in [1.165, 1.54) is 18.4 Å². The average Bonchev–Trinajstić information content (AvgIpc) is 2.68. The largest absolute Gasteiger partial charge is 0.504 e. The molecule has 0 saturated carbocycles. The van der Waals surface area contributed by atoms with Crippen LogP contribution in [0.1, 0.15) is 21.5 Å². The van der Waals surface area contributed by atoms with E-state index in [4.69, 9.17) is 9.84 Å². The predicted molar refractivity (Wildman–Crippen MR) is 103 cm³/mol. The molecule has 5 nitrogen and oxygen atoms in total. The second kappa shape index (κ2) is 7.98. The maximum atomic E-state index is 10.8. The first-order chi connectivity index (χ1) is 13.0. The van der Waals surface area contributed by atoms with Crippen molar-refractivity contribution in [3.8, 4) is 11.8 Å². The van der Waals surface area contributed by atoms with Crippen molar-refractivity contribution in [2.24, 2.45) is 0 Å². The van der Waals surface area contributed by atoms with Crippen LogP contribution >= 0.6 is 0 Å². The van der Waals surface area contributed by atoms with E-state index >= 15 is 0 Å². The highest BCUT2D eigenvalue weighted by atomic mass is 16.5. The van der Waals surface area contributed by atoms with Gasteiger partial charge in [0.15, 0.2) is 11.5 Å². The Morgan fingerprint density at radius 1 is 1.04 bits per heavy atom. The third kappa shape index (κ3) is 4.59. The van der Waals surface area contributed by atoms with Crippen LogP contribution in [-0.4, -0.2) is 22.7 Å². The van der Waals surface area contributed by atoms with E-state index in [1.807, 2.05) is 24.3 Å². The lowest BCUT2D eigenvalue weighted by Gasteiger charge is -2.15. The molecule has 0 amide bonds. The number of carboxylic acids is 1. The Morgan fingerprint density at radius 2 is 1.63 bits per heavy atom. The topological polar surface area (TPSA) is 78.8 Å². The van der Waals surface area contributed by atoms with Gasteiger partial charge < -0.3 is 20.3 Å². The maximum Gasteiger partial charge on any atom is 0.335 e. The number of hydrogen-bond donors (Lipinski definition) is 3. The van der Waals surface area contributed by atoms with E-state index in [1.54, 1.807) is 18.2 Å². The van der Waals surface area contributed by atoms with Crippen molar-refractivity contribution in [3.05, 3.63) is 101 Å². The minimum absolute atomic E-state index is 0.0430. The highest BCUT2D eigenvalue weighted by Gasteiger charge is 2.12. The molecule has 1 heterocycles. The van der Waals surface area contributed by atoms with Crippen molar-refractivity contribution < 1.29 is 19.7 Å². The molecule has 0 atom stereocenters. The van der Waals surface area contributed by atoms with Gasteiger partial charge in [-0.25, -0.2) is 4.79 Å². The summed E-state index contributed by atoms with van der Waals surface area (Å²) in [6.07, 6.45) is 3.09. The Morgan fingerprint density at radius 3 is 2.22 bits per heavy atom. The lowest BCUT2D eigenvalue weighted by atomic mass is 10.1. The van der Waals surface area contributed by atoms with E-state index in [-0.39, 0.29) is 11.3 Å². The van der Waals surface area contributed by atoms with E-state index in [2.05, 4.69) is 23.7 Å². The molecule has 1 aliphatic rings. The second-order valence-corrected chi connectivity index (χ2v) is 5.78. The monoisotopic (exact) mass is 359 g/mol. The molecule has 0 saturated heterocycles. The van der Waals surface area contributed by atoms with Crippen molar-refractivity contribution in [1.82, 2.24) is 0 Å². The zero-order chi connectivity index (χ0) is 19.2. The van der Waals surface area contributed by atoms with Crippen LogP contribution in [0.2, 0.25) is 0 Å². The number of ether oxygens (including phenoxy) is 1. The molecule has 0 unspecified atom stereocenters. The molecule has 3 N–H and O–H groups in total. The van der Waals surface area contributed by atoms with Gasteiger partial charge in [0.2, 0.25) is 0 Å². The lowest BCUT2D eigenvalue weighted by molar-refractivity contribution is 0.0697. The van der Waals surface area contributed by atoms with Gasteiger partial charge in [0.05, 0.1) is 18.4 Å². The van der Waals surface area contributed by atoms with Crippen LogP contribution in [0.5, 0.6) is 0 Å². The number of hydrogen-bond acceptors (Lipinski definition) is 4. The smallest absolute Gasteiger partial charge is 0.335 e. The molecule has 0 aliphatic carbocycles. The number of aliphatic hydroxyl groups is 1. The summed E-state index contributed by atoms with van der Waals surface area (Å²) in [5.41, 5.74) is 3.18. The molecule has 2 aromatic carbocycles. The van der Waals surface area contributed by atoms with Crippen LogP contribution in [0, 0.1) is 11.8 Å². The van der Waals surface area contributed by atoms with Crippen molar-refractivity contribution in [2.75, 3.05) is 11.9 Å². The average molecular weight is 359 g/mol. The first-order valence-corrected chi connectivity index (χ1v) is 8.17. The second-order valence-electron chi connectivity index (χ2n) is 5.78. The zero-order valence-corrected chi connectivity index (χ0v) is 14.4. The highest BCUT2D eigenvalue weighted by molar-refractivity contribution is 5.87. The molecule has 1 aliphatic heterocycles. The minimum Gasteiger partial charge on any atom is -0.504 e. The van der Waals surface area contributed by atoms with Crippen molar-refractivity contribution >= 4 is 11.7 Å². The Labute approximate surface area is 156 Å². The fourth-order valence-electron chi connectivity index (χ4n) is 2.33. The number of aliphatic hydroxyl groups excluding tert-OH is 1. The van der Waals surface area contributed by atoms with Crippen LogP contribution < -0.4 is 5.32 Å². The van der Waals surface area contributed by atoms with E-state index in [0.29, 0.717) is 17.9 Å². The van der Waals surface area contributed by atoms with Gasteiger partial charge >= 0.3 is 5.97 Å². The molecule has 27 heavy (non-hydrogen) atoms. The summed E-state index contributed by atoms with van der Waals surface area (Å²) in [5, 5.41) is 21.9. The molecule has 0 bridgehead atoms. The van der Waals surface area contributed by atoms with Crippen LogP contribution in [-0.2, 0) is 4.74 Å². The molecular weight excluding hydrogens is 342 g/mol. The maximum absolute atomic E-state index is 10.8. The number of rotatable bonds is 4. The standard InChI is InChI=1S/C22H17NO4/c1-15-12-13-27-20(21(15)24)14-23-19-10-6-17(7-11-19)3-2-16-4-8-18(9-5-16)22(25)26/h4-13,23-24H,1,14H2,(H,25,26). The molecule has 2 aromatic rings. The number of benzene rings is 2. The molecule has 0 aromatic heterocycles. The number of anilines is 1. The summed E-state index contributed by atoms with van der Waals surface area (Å²) in [5.74, 6) is 5.53. The Kier molecular flexibility index (Phi) is 5.29. The Balaban J connectivity index is 1.62. The molecule has 5 heteroatoms. The first-order valence-electron chi connectivity index (χ1n) is 8.17. The number of carboxylic acid groups (broad SMARTS) is 1. The van der Waals surface area contributed by atoms with Crippen molar-refractivity contribution in [1.29, 1.82) is 0 Å². The normalized spacial score (nSPS) is 12.8. The summed E-state index contributed by atoms with van der Waals surface area (Å²) in [6, 6.07) is 13.9. The number of allylic oxidation sites excluding steroid dienone is 1. The van der Waals surface area contributed by atoms with Crippen molar-refractivity contribution in [2.45, 2.75) is 0 Å².